The molecule has 13 heteroatoms. The first-order valence-corrected chi connectivity index (χ1v) is 11.8. The SMILES string of the molecule is O=C(c1cc2c(cn1)c(-c1cnc3c(F)cc(F)cn13)nn2CC(F)(F)F)N1CCC2(CCOCC2)C1. The second-order valence-corrected chi connectivity index (χ2v) is 9.64. The molecule has 37 heavy (non-hydrogen) atoms. The molecular weight excluding hydrogens is 499 g/mol. The van der Waals surface area contributed by atoms with Gasteiger partial charge in [-0.25, -0.2) is 13.8 Å². The number of imidazole rings is 1. The van der Waals surface area contributed by atoms with Crippen molar-refractivity contribution in [2.45, 2.75) is 32.0 Å². The fourth-order valence-corrected chi connectivity index (χ4v) is 5.34. The second-order valence-electron chi connectivity index (χ2n) is 9.64. The lowest BCUT2D eigenvalue weighted by Crippen LogP contribution is -2.35. The maximum absolute atomic E-state index is 14.2. The van der Waals surface area contributed by atoms with E-state index in [2.05, 4.69) is 15.1 Å². The summed E-state index contributed by atoms with van der Waals surface area (Å²) in [5, 5.41) is 4.29. The van der Waals surface area contributed by atoms with Crippen LogP contribution in [0.25, 0.3) is 27.9 Å². The van der Waals surface area contributed by atoms with Gasteiger partial charge >= 0.3 is 6.18 Å². The molecule has 4 aromatic heterocycles. The van der Waals surface area contributed by atoms with E-state index in [0.717, 1.165) is 34.5 Å². The van der Waals surface area contributed by atoms with Crippen LogP contribution in [0, 0.1) is 17.0 Å². The monoisotopic (exact) mass is 520 g/mol. The zero-order valence-corrected chi connectivity index (χ0v) is 19.4. The molecule has 0 unspecified atom stereocenters. The average Bonchev–Trinajstić information content (AvgIpc) is 3.54. The number of ether oxygens (including phenoxy) is 1. The summed E-state index contributed by atoms with van der Waals surface area (Å²) in [6.45, 7) is 0.935. The largest absolute Gasteiger partial charge is 0.408 e. The van der Waals surface area contributed by atoms with Crippen LogP contribution in [0.1, 0.15) is 29.8 Å². The van der Waals surface area contributed by atoms with E-state index >= 15 is 0 Å². The van der Waals surface area contributed by atoms with Gasteiger partial charge < -0.3 is 9.64 Å². The minimum Gasteiger partial charge on any atom is -0.381 e. The minimum atomic E-state index is -4.61. The van der Waals surface area contributed by atoms with Gasteiger partial charge in [0.2, 0.25) is 0 Å². The molecule has 6 rings (SSSR count). The van der Waals surface area contributed by atoms with Crippen LogP contribution in [0.3, 0.4) is 0 Å². The van der Waals surface area contributed by atoms with Crippen LogP contribution in [0.5, 0.6) is 0 Å². The number of nitrogens with zero attached hydrogens (tertiary/aromatic N) is 6. The lowest BCUT2D eigenvalue weighted by molar-refractivity contribution is -0.141. The molecule has 1 amide bonds. The van der Waals surface area contributed by atoms with Crippen molar-refractivity contribution in [1.82, 2.24) is 29.0 Å². The van der Waals surface area contributed by atoms with Gasteiger partial charge in [0.15, 0.2) is 11.5 Å². The Morgan fingerprint density at radius 1 is 1.08 bits per heavy atom. The highest BCUT2D eigenvalue weighted by Crippen LogP contribution is 2.40. The third-order valence-corrected chi connectivity index (χ3v) is 7.23. The molecule has 0 bridgehead atoms. The van der Waals surface area contributed by atoms with E-state index in [4.69, 9.17) is 4.74 Å². The van der Waals surface area contributed by atoms with Crippen molar-refractivity contribution in [2.24, 2.45) is 5.41 Å². The predicted molar refractivity (Wildman–Crippen MR) is 121 cm³/mol. The lowest BCUT2D eigenvalue weighted by Gasteiger charge is -2.33. The van der Waals surface area contributed by atoms with Gasteiger partial charge in [-0.05, 0) is 30.7 Å². The number of alkyl halides is 3. The first kappa shape index (κ1) is 23.8. The summed E-state index contributed by atoms with van der Waals surface area (Å²) in [6.07, 6.45) is 1.38. The van der Waals surface area contributed by atoms with Crippen molar-refractivity contribution in [3.8, 4) is 11.4 Å². The van der Waals surface area contributed by atoms with Crippen molar-refractivity contribution in [2.75, 3.05) is 26.3 Å². The molecule has 2 aliphatic rings. The van der Waals surface area contributed by atoms with Crippen LogP contribution in [-0.2, 0) is 11.3 Å². The third kappa shape index (κ3) is 4.20. The molecule has 0 aliphatic carbocycles. The lowest BCUT2D eigenvalue weighted by atomic mass is 9.80. The zero-order valence-electron chi connectivity index (χ0n) is 19.4. The highest BCUT2D eigenvalue weighted by atomic mass is 19.4. The molecule has 1 spiro atoms. The molecule has 0 atom stereocenters. The molecule has 2 fully saturated rings. The van der Waals surface area contributed by atoms with Crippen LogP contribution in [-0.4, -0.2) is 67.4 Å². The Morgan fingerprint density at radius 2 is 1.86 bits per heavy atom. The number of likely N-dealkylation sites (tertiary alicyclic amines) is 1. The topological polar surface area (TPSA) is 77.6 Å². The van der Waals surface area contributed by atoms with Crippen molar-refractivity contribution in [1.29, 1.82) is 0 Å². The van der Waals surface area contributed by atoms with Crippen LogP contribution in [0.15, 0.2) is 30.7 Å². The molecule has 4 aromatic rings. The van der Waals surface area contributed by atoms with Gasteiger partial charge in [0, 0.05) is 50.1 Å². The first-order valence-electron chi connectivity index (χ1n) is 11.8. The summed E-state index contributed by atoms with van der Waals surface area (Å²) in [7, 11) is 0. The van der Waals surface area contributed by atoms with E-state index in [0.29, 0.717) is 32.4 Å². The Bertz CT molecular complexity index is 1520. The van der Waals surface area contributed by atoms with Gasteiger partial charge in [-0.3, -0.25) is 18.9 Å². The van der Waals surface area contributed by atoms with Gasteiger partial charge in [-0.1, -0.05) is 0 Å². The van der Waals surface area contributed by atoms with Crippen molar-refractivity contribution >= 4 is 22.5 Å². The smallest absolute Gasteiger partial charge is 0.381 e. The maximum atomic E-state index is 14.2. The number of carbonyl (C=O) groups excluding carboxylic acids is 1. The number of hydrogen-bond donors (Lipinski definition) is 0. The second kappa shape index (κ2) is 8.47. The van der Waals surface area contributed by atoms with Crippen LogP contribution >= 0.6 is 0 Å². The van der Waals surface area contributed by atoms with Crippen LogP contribution in [0.4, 0.5) is 22.0 Å². The van der Waals surface area contributed by atoms with Gasteiger partial charge in [0.05, 0.1) is 17.4 Å². The summed E-state index contributed by atoms with van der Waals surface area (Å²) in [5.74, 6) is -2.18. The Kier molecular flexibility index (Phi) is 5.44. The van der Waals surface area contributed by atoms with Crippen molar-refractivity contribution in [3.63, 3.8) is 0 Å². The fraction of sp³-hybridized carbons (Fsp3) is 0.417. The standard InChI is InChI=1S/C24H21F5N6O2/c25-14-7-16(26)21-31-10-19(34(21)11-14)20-15-9-30-17(8-18(15)35(32-20)13-24(27,28)29)22(36)33-4-1-23(12-33)2-5-37-6-3-23/h7-11H,1-6,12-13H2. The molecule has 0 saturated carbocycles. The van der Waals surface area contributed by atoms with E-state index in [1.807, 2.05) is 0 Å². The van der Waals surface area contributed by atoms with Crippen molar-refractivity contribution in [3.05, 3.63) is 48.1 Å². The molecule has 2 saturated heterocycles. The highest BCUT2D eigenvalue weighted by molar-refractivity contribution is 5.99. The van der Waals surface area contributed by atoms with Crippen molar-refractivity contribution < 1.29 is 31.5 Å². The van der Waals surface area contributed by atoms with E-state index < -0.39 is 24.4 Å². The maximum Gasteiger partial charge on any atom is 0.408 e. The predicted octanol–water partition coefficient (Wildman–Crippen LogP) is 4.23. The number of carbonyl (C=O) groups is 1. The van der Waals surface area contributed by atoms with E-state index in [9.17, 15) is 26.7 Å². The molecule has 6 heterocycles. The normalized spacial score (nSPS) is 17.9. The summed E-state index contributed by atoms with van der Waals surface area (Å²) >= 11 is 0. The number of halogens is 5. The molecule has 0 radical (unpaired) electrons. The van der Waals surface area contributed by atoms with Crippen LogP contribution in [0.2, 0.25) is 0 Å². The third-order valence-electron chi connectivity index (χ3n) is 7.23. The number of aromatic nitrogens is 5. The molecule has 0 aromatic carbocycles. The van der Waals surface area contributed by atoms with Gasteiger partial charge in [-0.2, -0.15) is 18.3 Å². The molecule has 0 N–H and O–H groups in total. The fourth-order valence-electron chi connectivity index (χ4n) is 5.34. The van der Waals surface area contributed by atoms with Gasteiger partial charge in [0.1, 0.15) is 23.7 Å². The molecule has 194 valence electrons. The van der Waals surface area contributed by atoms with Crippen LogP contribution < -0.4 is 0 Å². The number of hydrogen-bond acceptors (Lipinski definition) is 5. The Morgan fingerprint density at radius 3 is 2.62 bits per heavy atom. The van der Waals surface area contributed by atoms with E-state index in [1.54, 1.807) is 4.90 Å². The Balaban J connectivity index is 1.42. The number of amides is 1. The summed E-state index contributed by atoms with van der Waals surface area (Å²) in [5.41, 5.74) is -0.0895. The van der Waals surface area contributed by atoms with E-state index in [-0.39, 0.29) is 45.0 Å². The summed E-state index contributed by atoms with van der Waals surface area (Å²) in [4.78, 5) is 23.1. The summed E-state index contributed by atoms with van der Waals surface area (Å²) in [6, 6.07) is 1.95. The summed E-state index contributed by atoms with van der Waals surface area (Å²) < 4.78 is 75.6. The number of fused-ring (bicyclic) bond motifs is 2. The first-order chi connectivity index (χ1) is 17.6. The Labute approximate surface area is 206 Å². The van der Waals surface area contributed by atoms with Gasteiger partial charge in [-0.15, -0.1) is 0 Å². The van der Waals surface area contributed by atoms with E-state index in [1.165, 1.54) is 18.5 Å². The quantitative estimate of drug-likeness (QED) is 0.378. The molecular formula is C24H21F5N6O2. The average molecular weight is 520 g/mol. The zero-order chi connectivity index (χ0) is 25.9. The number of pyridine rings is 2. The minimum absolute atomic E-state index is 0.00159. The van der Waals surface area contributed by atoms with Gasteiger partial charge in [0.25, 0.3) is 5.91 Å². The Hall–Kier alpha value is -3.61. The highest BCUT2D eigenvalue weighted by Gasteiger charge is 2.41. The number of rotatable bonds is 3. The molecule has 2 aliphatic heterocycles. The molecule has 8 nitrogen and oxygen atoms in total.